The Bertz CT molecular complexity index is 263. The SMILES string of the molecule is CCCS(=O)(=O)CCOC(CC)(CC)CN. The molecule has 0 aromatic carbocycles. The van der Waals surface area contributed by atoms with E-state index in [4.69, 9.17) is 10.5 Å². The van der Waals surface area contributed by atoms with Gasteiger partial charge < -0.3 is 10.5 Å². The minimum Gasteiger partial charge on any atom is -0.373 e. The molecule has 2 N–H and O–H groups in total. The van der Waals surface area contributed by atoms with Crippen LogP contribution in [0, 0.1) is 0 Å². The fourth-order valence-electron chi connectivity index (χ4n) is 1.60. The predicted octanol–water partition coefficient (Wildman–Crippen LogP) is 1.35. The molecule has 0 saturated heterocycles. The van der Waals surface area contributed by atoms with Gasteiger partial charge in [0, 0.05) is 12.3 Å². The van der Waals surface area contributed by atoms with Gasteiger partial charge in [0.05, 0.1) is 18.0 Å². The summed E-state index contributed by atoms with van der Waals surface area (Å²) in [6.07, 6.45) is 2.29. The molecular weight excluding hydrogens is 226 g/mol. The zero-order chi connectivity index (χ0) is 12.7. The second-order valence-corrected chi connectivity index (χ2v) is 6.40. The zero-order valence-electron chi connectivity index (χ0n) is 10.7. The van der Waals surface area contributed by atoms with Crippen LogP contribution in [0.4, 0.5) is 0 Å². The van der Waals surface area contributed by atoms with Crippen LogP contribution in [0.1, 0.15) is 40.0 Å². The fraction of sp³-hybridized carbons (Fsp3) is 1.00. The van der Waals surface area contributed by atoms with Crippen molar-refractivity contribution in [1.29, 1.82) is 0 Å². The van der Waals surface area contributed by atoms with Crippen LogP contribution in [-0.4, -0.2) is 38.7 Å². The van der Waals surface area contributed by atoms with Crippen molar-refractivity contribution in [3.05, 3.63) is 0 Å². The van der Waals surface area contributed by atoms with Gasteiger partial charge in [-0.3, -0.25) is 0 Å². The average Bonchev–Trinajstić information content (AvgIpc) is 2.25. The standard InChI is InChI=1S/C11H25NO3S/c1-4-8-16(13,14)9-7-15-11(5-2,6-3)10-12/h4-10,12H2,1-3H3. The van der Waals surface area contributed by atoms with Crippen LogP contribution in [0.5, 0.6) is 0 Å². The molecule has 0 bridgehead atoms. The first-order valence-corrected chi connectivity index (χ1v) is 7.82. The van der Waals surface area contributed by atoms with Crippen LogP contribution < -0.4 is 5.73 Å². The molecule has 16 heavy (non-hydrogen) atoms. The number of nitrogens with two attached hydrogens (primary N) is 1. The van der Waals surface area contributed by atoms with E-state index in [0.29, 0.717) is 13.0 Å². The molecule has 0 radical (unpaired) electrons. The van der Waals surface area contributed by atoms with E-state index in [9.17, 15) is 8.42 Å². The maximum atomic E-state index is 11.5. The van der Waals surface area contributed by atoms with Gasteiger partial charge in [-0.05, 0) is 19.3 Å². The number of hydrogen-bond donors (Lipinski definition) is 1. The highest BCUT2D eigenvalue weighted by atomic mass is 32.2. The lowest BCUT2D eigenvalue weighted by molar-refractivity contribution is -0.0367. The van der Waals surface area contributed by atoms with Crippen molar-refractivity contribution >= 4 is 9.84 Å². The third-order valence-electron chi connectivity index (χ3n) is 2.98. The summed E-state index contributed by atoms with van der Waals surface area (Å²) in [6, 6.07) is 0. The minimum absolute atomic E-state index is 0.0998. The summed E-state index contributed by atoms with van der Waals surface area (Å²) in [6.45, 7) is 6.57. The maximum absolute atomic E-state index is 11.5. The lowest BCUT2D eigenvalue weighted by atomic mass is 9.97. The number of sulfone groups is 1. The monoisotopic (exact) mass is 251 g/mol. The van der Waals surface area contributed by atoms with Crippen molar-refractivity contribution in [3.63, 3.8) is 0 Å². The molecule has 0 spiro atoms. The predicted molar refractivity (Wildman–Crippen MR) is 67.3 cm³/mol. The fourth-order valence-corrected chi connectivity index (χ4v) is 2.76. The molecule has 0 amide bonds. The van der Waals surface area contributed by atoms with Gasteiger partial charge in [0.15, 0.2) is 9.84 Å². The summed E-state index contributed by atoms with van der Waals surface area (Å²) in [5.41, 5.74) is 5.32. The molecule has 0 saturated carbocycles. The second-order valence-electron chi connectivity index (χ2n) is 4.09. The van der Waals surface area contributed by atoms with Crippen LogP contribution in [-0.2, 0) is 14.6 Å². The molecule has 0 atom stereocenters. The highest BCUT2D eigenvalue weighted by Crippen LogP contribution is 2.18. The first-order valence-electron chi connectivity index (χ1n) is 5.99. The molecule has 0 aliphatic heterocycles. The maximum Gasteiger partial charge on any atom is 0.152 e. The average molecular weight is 251 g/mol. The van der Waals surface area contributed by atoms with E-state index in [0.717, 1.165) is 12.8 Å². The summed E-state index contributed by atoms with van der Waals surface area (Å²) in [5.74, 6) is 0.340. The number of ether oxygens (including phenoxy) is 1. The molecule has 0 aliphatic rings. The Kier molecular flexibility index (Phi) is 7.19. The van der Waals surface area contributed by atoms with Crippen molar-refractivity contribution in [3.8, 4) is 0 Å². The van der Waals surface area contributed by atoms with Crippen molar-refractivity contribution in [2.45, 2.75) is 45.6 Å². The summed E-state index contributed by atoms with van der Waals surface area (Å²) in [5, 5.41) is 0. The van der Waals surface area contributed by atoms with Gasteiger partial charge in [-0.2, -0.15) is 0 Å². The van der Waals surface area contributed by atoms with E-state index < -0.39 is 9.84 Å². The Morgan fingerprint density at radius 1 is 1.12 bits per heavy atom. The molecule has 0 unspecified atom stereocenters. The van der Waals surface area contributed by atoms with Gasteiger partial charge in [-0.1, -0.05) is 20.8 Å². The van der Waals surface area contributed by atoms with E-state index in [1.807, 2.05) is 20.8 Å². The summed E-state index contributed by atoms with van der Waals surface area (Å²) >= 11 is 0. The Balaban J connectivity index is 4.14. The minimum atomic E-state index is -2.94. The Morgan fingerprint density at radius 2 is 1.69 bits per heavy atom. The third kappa shape index (κ3) is 5.27. The third-order valence-corrected chi connectivity index (χ3v) is 4.80. The summed E-state index contributed by atoms with van der Waals surface area (Å²) in [4.78, 5) is 0. The second kappa shape index (κ2) is 7.25. The Hall–Kier alpha value is -0.130. The van der Waals surface area contributed by atoms with Gasteiger partial charge in [0.25, 0.3) is 0 Å². The molecule has 4 nitrogen and oxygen atoms in total. The highest BCUT2D eigenvalue weighted by Gasteiger charge is 2.25. The van der Waals surface area contributed by atoms with E-state index in [1.165, 1.54) is 0 Å². The first kappa shape index (κ1) is 15.9. The molecule has 0 aliphatic carbocycles. The van der Waals surface area contributed by atoms with Crippen LogP contribution in [0.2, 0.25) is 0 Å². The Labute approximate surface area is 99.5 Å². The van der Waals surface area contributed by atoms with Crippen LogP contribution in [0.15, 0.2) is 0 Å². The largest absolute Gasteiger partial charge is 0.373 e. The van der Waals surface area contributed by atoms with Crippen LogP contribution in [0.25, 0.3) is 0 Å². The zero-order valence-corrected chi connectivity index (χ0v) is 11.5. The number of rotatable bonds is 9. The normalized spacial score (nSPS) is 13.0. The van der Waals surface area contributed by atoms with E-state index in [2.05, 4.69) is 0 Å². The summed E-state index contributed by atoms with van der Waals surface area (Å²) < 4.78 is 28.6. The smallest absolute Gasteiger partial charge is 0.152 e. The van der Waals surface area contributed by atoms with E-state index in [1.54, 1.807) is 0 Å². The topological polar surface area (TPSA) is 69.4 Å². The van der Waals surface area contributed by atoms with Crippen molar-refractivity contribution < 1.29 is 13.2 Å². The van der Waals surface area contributed by atoms with Crippen LogP contribution in [0.3, 0.4) is 0 Å². The van der Waals surface area contributed by atoms with Crippen molar-refractivity contribution in [2.24, 2.45) is 5.73 Å². The van der Waals surface area contributed by atoms with E-state index >= 15 is 0 Å². The number of hydrogen-bond acceptors (Lipinski definition) is 4. The van der Waals surface area contributed by atoms with Gasteiger partial charge in [-0.15, -0.1) is 0 Å². The molecular formula is C11H25NO3S. The van der Waals surface area contributed by atoms with Gasteiger partial charge in [-0.25, -0.2) is 8.42 Å². The van der Waals surface area contributed by atoms with Gasteiger partial charge in [0.2, 0.25) is 0 Å². The lowest BCUT2D eigenvalue weighted by Gasteiger charge is -2.30. The molecule has 5 heteroatoms. The highest BCUT2D eigenvalue weighted by molar-refractivity contribution is 7.91. The van der Waals surface area contributed by atoms with E-state index in [-0.39, 0.29) is 23.7 Å². The Morgan fingerprint density at radius 3 is 2.06 bits per heavy atom. The summed E-state index contributed by atoms with van der Waals surface area (Å²) in [7, 11) is -2.94. The molecule has 0 aromatic heterocycles. The molecule has 0 fully saturated rings. The quantitative estimate of drug-likeness (QED) is 0.671. The van der Waals surface area contributed by atoms with Crippen molar-refractivity contribution in [2.75, 3.05) is 24.7 Å². The molecule has 0 heterocycles. The van der Waals surface area contributed by atoms with Gasteiger partial charge >= 0.3 is 0 Å². The molecule has 0 rings (SSSR count). The molecule has 98 valence electrons. The lowest BCUT2D eigenvalue weighted by Crippen LogP contribution is -2.40. The first-order chi connectivity index (χ1) is 7.45. The van der Waals surface area contributed by atoms with Crippen molar-refractivity contribution in [1.82, 2.24) is 0 Å². The molecule has 0 aromatic rings. The van der Waals surface area contributed by atoms with Crippen LogP contribution >= 0.6 is 0 Å². The van der Waals surface area contributed by atoms with Gasteiger partial charge in [0.1, 0.15) is 0 Å².